The number of carbonyl (C=O) groups is 1. The molecule has 5 nitrogen and oxygen atoms in total. The summed E-state index contributed by atoms with van der Waals surface area (Å²) < 4.78 is 32.8. The van der Waals surface area contributed by atoms with Crippen molar-refractivity contribution < 1.29 is 17.9 Å². The molecular formula is C24H22ClNO4S. The molecule has 160 valence electrons. The molecule has 0 N–H and O–H groups in total. The van der Waals surface area contributed by atoms with E-state index in [0.29, 0.717) is 5.75 Å². The number of benzene rings is 3. The topological polar surface area (TPSA) is 63.7 Å². The first-order valence-electron chi connectivity index (χ1n) is 9.98. The molecule has 0 bridgehead atoms. The Hall–Kier alpha value is -2.67. The van der Waals surface area contributed by atoms with Crippen LogP contribution in [0.2, 0.25) is 5.02 Å². The maximum atomic E-state index is 13.0. The maximum absolute atomic E-state index is 13.0. The highest BCUT2D eigenvalue weighted by atomic mass is 35.5. The van der Waals surface area contributed by atoms with E-state index in [1.807, 2.05) is 42.5 Å². The molecule has 0 unspecified atom stereocenters. The third-order valence-corrected chi connectivity index (χ3v) is 7.52. The van der Waals surface area contributed by atoms with Crippen LogP contribution in [0.3, 0.4) is 0 Å². The zero-order valence-corrected chi connectivity index (χ0v) is 18.6. The van der Waals surface area contributed by atoms with E-state index < -0.39 is 16.0 Å². The minimum absolute atomic E-state index is 0.0105. The normalized spacial score (nSPS) is 13.3. The lowest BCUT2D eigenvalue weighted by molar-refractivity contribution is 0.0734. The lowest BCUT2D eigenvalue weighted by Crippen LogP contribution is -2.26. The Kier molecular flexibility index (Phi) is 6.14. The quantitative estimate of drug-likeness (QED) is 0.393. The number of sulfonamides is 1. The number of ether oxygens (including phenoxy) is 1. The van der Waals surface area contributed by atoms with E-state index >= 15 is 0 Å². The van der Waals surface area contributed by atoms with E-state index in [1.165, 1.54) is 40.7 Å². The van der Waals surface area contributed by atoms with Crippen molar-refractivity contribution in [2.24, 2.45) is 0 Å². The zero-order chi connectivity index (χ0) is 22.0. The predicted molar refractivity (Wildman–Crippen MR) is 120 cm³/mol. The number of nitrogens with zero attached hydrogens (tertiary/aromatic N) is 1. The molecule has 0 amide bonds. The molecule has 7 heteroatoms. The average Bonchev–Trinajstić information content (AvgIpc) is 3.22. The molecule has 0 aliphatic heterocycles. The van der Waals surface area contributed by atoms with Gasteiger partial charge in [0.25, 0.3) is 0 Å². The monoisotopic (exact) mass is 455 g/mol. The first kappa shape index (κ1) is 21.6. The summed E-state index contributed by atoms with van der Waals surface area (Å²) in [6.45, 7) is 0.209. The molecule has 0 fully saturated rings. The van der Waals surface area contributed by atoms with Gasteiger partial charge in [-0.2, -0.15) is 4.31 Å². The van der Waals surface area contributed by atoms with Crippen LogP contribution in [0.15, 0.2) is 71.6 Å². The van der Waals surface area contributed by atoms with Gasteiger partial charge in [0.05, 0.1) is 15.5 Å². The van der Waals surface area contributed by atoms with Crippen molar-refractivity contribution in [1.82, 2.24) is 4.31 Å². The predicted octanol–water partition coefficient (Wildman–Crippen LogP) is 4.87. The van der Waals surface area contributed by atoms with E-state index in [2.05, 4.69) is 0 Å². The largest absolute Gasteiger partial charge is 0.423 e. The Morgan fingerprint density at radius 3 is 2.52 bits per heavy atom. The minimum atomic E-state index is -3.82. The molecule has 0 spiro atoms. The summed E-state index contributed by atoms with van der Waals surface area (Å²) in [6.07, 6.45) is 3.09. The van der Waals surface area contributed by atoms with Crippen molar-refractivity contribution in [2.45, 2.75) is 30.7 Å². The van der Waals surface area contributed by atoms with E-state index in [9.17, 15) is 13.2 Å². The molecule has 0 radical (unpaired) electrons. The summed E-state index contributed by atoms with van der Waals surface area (Å²) in [7, 11) is -2.32. The number of fused-ring (bicyclic) bond motifs is 1. The van der Waals surface area contributed by atoms with Gasteiger partial charge in [0.1, 0.15) is 5.75 Å². The lowest BCUT2D eigenvalue weighted by atomic mass is 10.1. The van der Waals surface area contributed by atoms with Gasteiger partial charge in [0.2, 0.25) is 10.0 Å². The number of carbonyl (C=O) groups excluding carboxylic acids is 1. The summed E-state index contributed by atoms with van der Waals surface area (Å²) in [5.74, 6) is -0.262. The Morgan fingerprint density at radius 1 is 1.00 bits per heavy atom. The first-order chi connectivity index (χ1) is 14.8. The fraction of sp³-hybridized carbons (Fsp3) is 0.208. The molecule has 0 atom stereocenters. The molecule has 0 saturated carbocycles. The molecule has 3 aromatic rings. The highest BCUT2D eigenvalue weighted by molar-refractivity contribution is 7.89. The van der Waals surface area contributed by atoms with Gasteiger partial charge in [-0.1, -0.05) is 48.0 Å². The van der Waals surface area contributed by atoms with Gasteiger partial charge in [-0.15, -0.1) is 0 Å². The van der Waals surface area contributed by atoms with Crippen LogP contribution < -0.4 is 4.74 Å². The van der Waals surface area contributed by atoms with Crippen LogP contribution in [0, 0.1) is 0 Å². The van der Waals surface area contributed by atoms with Crippen molar-refractivity contribution in [3.05, 3.63) is 94.0 Å². The first-order valence-corrected chi connectivity index (χ1v) is 11.8. The third-order valence-electron chi connectivity index (χ3n) is 5.39. The van der Waals surface area contributed by atoms with E-state index in [0.717, 1.165) is 24.8 Å². The molecular weight excluding hydrogens is 434 g/mol. The van der Waals surface area contributed by atoms with Gasteiger partial charge in [-0.25, -0.2) is 13.2 Å². The Labute approximate surface area is 187 Å². The van der Waals surface area contributed by atoms with Crippen LogP contribution >= 0.6 is 11.6 Å². The van der Waals surface area contributed by atoms with E-state index in [-0.39, 0.29) is 22.0 Å². The van der Waals surface area contributed by atoms with Crippen LogP contribution in [0.25, 0.3) is 0 Å². The van der Waals surface area contributed by atoms with Crippen molar-refractivity contribution >= 4 is 27.6 Å². The number of hydrogen-bond donors (Lipinski definition) is 0. The van der Waals surface area contributed by atoms with Crippen LogP contribution in [-0.2, 0) is 29.4 Å². The fourth-order valence-corrected chi connectivity index (χ4v) is 5.08. The van der Waals surface area contributed by atoms with Crippen LogP contribution in [0.1, 0.15) is 33.5 Å². The van der Waals surface area contributed by atoms with E-state index in [1.54, 1.807) is 6.07 Å². The summed E-state index contributed by atoms with van der Waals surface area (Å²) >= 11 is 6.20. The molecule has 31 heavy (non-hydrogen) atoms. The minimum Gasteiger partial charge on any atom is -0.423 e. The highest BCUT2D eigenvalue weighted by Gasteiger charge is 2.24. The third kappa shape index (κ3) is 4.66. The summed E-state index contributed by atoms with van der Waals surface area (Å²) in [6, 6.07) is 18.9. The van der Waals surface area contributed by atoms with Crippen LogP contribution in [-0.4, -0.2) is 25.7 Å². The summed E-state index contributed by atoms with van der Waals surface area (Å²) in [5, 5.41) is 0.135. The Morgan fingerprint density at radius 2 is 1.74 bits per heavy atom. The average molecular weight is 456 g/mol. The van der Waals surface area contributed by atoms with Crippen LogP contribution in [0.4, 0.5) is 0 Å². The van der Waals surface area contributed by atoms with E-state index in [4.69, 9.17) is 16.3 Å². The van der Waals surface area contributed by atoms with Gasteiger partial charge in [-0.3, -0.25) is 0 Å². The van der Waals surface area contributed by atoms with Crippen molar-refractivity contribution in [1.29, 1.82) is 0 Å². The second-order valence-electron chi connectivity index (χ2n) is 7.56. The van der Waals surface area contributed by atoms with Gasteiger partial charge >= 0.3 is 5.97 Å². The van der Waals surface area contributed by atoms with Crippen molar-refractivity contribution in [2.75, 3.05) is 7.05 Å². The second kappa shape index (κ2) is 8.83. The molecule has 0 heterocycles. The molecule has 4 rings (SSSR count). The number of halogens is 1. The second-order valence-corrected chi connectivity index (χ2v) is 10.0. The smallest absolute Gasteiger partial charge is 0.345 e. The van der Waals surface area contributed by atoms with Gasteiger partial charge in [-0.05, 0) is 66.3 Å². The molecule has 1 aliphatic rings. The fourth-order valence-electron chi connectivity index (χ4n) is 3.70. The number of rotatable bonds is 6. The van der Waals surface area contributed by atoms with Gasteiger partial charge < -0.3 is 4.74 Å². The highest BCUT2D eigenvalue weighted by Crippen LogP contribution is 2.28. The molecule has 3 aromatic carbocycles. The number of hydrogen-bond acceptors (Lipinski definition) is 4. The summed E-state index contributed by atoms with van der Waals surface area (Å²) in [5.41, 5.74) is 3.32. The van der Waals surface area contributed by atoms with Crippen LogP contribution in [0.5, 0.6) is 5.75 Å². The molecule has 0 aromatic heterocycles. The Bertz CT molecular complexity index is 1230. The molecule has 1 aliphatic carbocycles. The number of esters is 1. The van der Waals surface area contributed by atoms with Crippen molar-refractivity contribution in [3.8, 4) is 5.75 Å². The standard InChI is InChI=1S/C24H22ClNO4S/c1-26(16-17-6-3-2-4-7-17)31(28,29)21-12-13-23(25)22(15-21)24(27)30-20-11-10-18-8-5-9-19(18)14-20/h2-4,6-7,10-15H,5,8-9,16H2,1H3. The van der Waals surface area contributed by atoms with Crippen molar-refractivity contribution in [3.63, 3.8) is 0 Å². The SMILES string of the molecule is CN(Cc1ccccc1)S(=O)(=O)c1ccc(Cl)c(C(=O)Oc2ccc3c(c2)CCC3)c1. The molecule has 0 saturated heterocycles. The summed E-state index contributed by atoms with van der Waals surface area (Å²) in [4.78, 5) is 12.7. The number of aryl methyl sites for hydroxylation is 2. The lowest BCUT2D eigenvalue weighted by Gasteiger charge is -2.18. The van der Waals surface area contributed by atoms with Gasteiger partial charge in [0, 0.05) is 13.6 Å². The maximum Gasteiger partial charge on any atom is 0.345 e. The zero-order valence-electron chi connectivity index (χ0n) is 17.0. The Balaban J connectivity index is 1.56. The van der Waals surface area contributed by atoms with Gasteiger partial charge in [0.15, 0.2) is 0 Å².